The fraction of sp³-hybridized carbons (Fsp3) is 0.235. The van der Waals surface area contributed by atoms with Crippen LogP contribution in [0.25, 0.3) is 0 Å². The normalized spacial score (nSPS) is 10.1. The molecule has 0 saturated carbocycles. The first-order valence-electron chi connectivity index (χ1n) is 6.89. The standard InChI is InChI=1S/C17H18BrNO3/c1-21-15-8-3-5-12(17(15)22-2)9-10-16(20)19-14-7-4-6-13(18)11-14/h3-8,11H,9-10H2,1-2H3,(H,19,20). The van der Waals surface area contributed by atoms with Gasteiger partial charge >= 0.3 is 0 Å². The van der Waals surface area contributed by atoms with E-state index in [1.54, 1.807) is 14.2 Å². The third-order valence-corrected chi connectivity index (χ3v) is 3.71. The van der Waals surface area contributed by atoms with Crippen molar-refractivity contribution < 1.29 is 14.3 Å². The minimum Gasteiger partial charge on any atom is -0.493 e. The van der Waals surface area contributed by atoms with Crippen molar-refractivity contribution in [2.24, 2.45) is 0 Å². The molecule has 0 aromatic heterocycles. The summed E-state index contributed by atoms with van der Waals surface area (Å²) in [5.74, 6) is 1.32. The van der Waals surface area contributed by atoms with Gasteiger partial charge in [0.25, 0.3) is 0 Å². The maximum absolute atomic E-state index is 12.1. The van der Waals surface area contributed by atoms with Crippen LogP contribution in [0.3, 0.4) is 0 Å². The summed E-state index contributed by atoms with van der Waals surface area (Å²) in [4.78, 5) is 12.1. The Labute approximate surface area is 138 Å². The summed E-state index contributed by atoms with van der Waals surface area (Å²) in [6.45, 7) is 0. The Bertz CT molecular complexity index is 658. The molecule has 2 aromatic rings. The van der Waals surface area contributed by atoms with Crippen LogP contribution in [-0.4, -0.2) is 20.1 Å². The Morgan fingerprint density at radius 3 is 2.59 bits per heavy atom. The van der Waals surface area contributed by atoms with Gasteiger partial charge in [0.1, 0.15) is 0 Å². The van der Waals surface area contributed by atoms with Gasteiger partial charge in [0.2, 0.25) is 5.91 Å². The number of hydrogen-bond acceptors (Lipinski definition) is 3. The molecule has 0 atom stereocenters. The number of aryl methyl sites for hydroxylation is 1. The van der Waals surface area contributed by atoms with Gasteiger partial charge in [-0.1, -0.05) is 34.1 Å². The number of anilines is 1. The third-order valence-electron chi connectivity index (χ3n) is 3.21. The Balaban J connectivity index is 1.99. The van der Waals surface area contributed by atoms with Crippen molar-refractivity contribution in [3.8, 4) is 11.5 Å². The Morgan fingerprint density at radius 2 is 1.91 bits per heavy atom. The highest BCUT2D eigenvalue weighted by molar-refractivity contribution is 9.10. The second kappa shape index (κ2) is 7.84. The molecule has 0 saturated heterocycles. The van der Waals surface area contributed by atoms with Gasteiger partial charge in [-0.3, -0.25) is 4.79 Å². The molecule has 4 nitrogen and oxygen atoms in total. The molecule has 0 radical (unpaired) electrons. The number of halogens is 1. The van der Waals surface area contributed by atoms with E-state index in [1.165, 1.54) is 0 Å². The topological polar surface area (TPSA) is 47.6 Å². The molecule has 0 aliphatic heterocycles. The summed E-state index contributed by atoms with van der Waals surface area (Å²) in [5.41, 5.74) is 1.73. The first-order chi connectivity index (χ1) is 10.6. The summed E-state index contributed by atoms with van der Waals surface area (Å²) in [6, 6.07) is 13.2. The summed E-state index contributed by atoms with van der Waals surface area (Å²) >= 11 is 3.38. The number of para-hydroxylation sites is 1. The highest BCUT2D eigenvalue weighted by Crippen LogP contribution is 2.31. The van der Waals surface area contributed by atoms with E-state index in [-0.39, 0.29) is 5.91 Å². The summed E-state index contributed by atoms with van der Waals surface area (Å²) in [5, 5.41) is 2.88. The molecule has 0 bridgehead atoms. The van der Waals surface area contributed by atoms with Gasteiger partial charge in [-0.25, -0.2) is 0 Å². The summed E-state index contributed by atoms with van der Waals surface area (Å²) in [6.07, 6.45) is 0.955. The molecular formula is C17H18BrNO3. The molecule has 0 heterocycles. The van der Waals surface area contributed by atoms with Crippen molar-refractivity contribution in [3.63, 3.8) is 0 Å². The highest BCUT2D eigenvalue weighted by Gasteiger charge is 2.11. The van der Waals surface area contributed by atoms with E-state index < -0.39 is 0 Å². The quantitative estimate of drug-likeness (QED) is 0.842. The fourth-order valence-corrected chi connectivity index (χ4v) is 2.59. The molecule has 1 amide bonds. The molecule has 116 valence electrons. The van der Waals surface area contributed by atoms with Gasteiger partial charge in [-0.05, 0) is 36.2 Å². The number of amides is 1. The lowest BCUT2D eigenvalue weighted by Crippen LogP contribution is -2.12. The maximum atomic E-state index is 12.1. The molecular weight excluding hydrogens is 346 g/mol. The van der Waals surface area contributed by atoms with Crippen LogP contribution in [0.4, 0.5) is 5.69 Å². The zero-order chi connectivity index (χ0) is 15.9. The monoisotopic (exact) mass is 363 g/mol. The van der Waals surface area contributed by atoms with Gasteiger partial charge < -0.3 is 14.8 Å². The molecule has 0 fully saturated rings. The van der Waals surface area contributed by atoms with Crippen LogP contribution in [0.2, 0.25) is 0 Å². The van der Waals surface area contributed by atoms with Crippen LogP contribution in [0.1, 0.15) is 12.0 Å². The van der Waals surface area contributed by atoms with Gasteiger partial charge in [0.15, 0.2) is 11.5 Å². The largest absolute Gasteiger partial charge is 0.493 e. The van der Waals surface area contributed by atoms with Crippen LogP contribution >= 0.6 is 15.9 Å². The number of nitrogens with one attached hydrogen (secondary N) is 1. The Morgan fingerprint density at radius 1 is 1.14 bits per heavy atom. The van der Waals surface area contributed by atoms with Crippen LogP contribution < -0.4 is 14.8 Å². The number of benzene rings is 2. The number of carbonyl (C=O) groups excluding carboxylic acids is 1. The average Bonchev–Trinajstić information content (AvgIpc) is 2.52. The lowest BCUT2D eigenvalue weighted by atomic mass is 10.1. The van der Waals surface area contributed by atoms with Crippen LogP contribution in [-0.2, 0) is 11.2 Å². The van der Waals surface area contributed by atoms with Crippen molar-refractivity contribution >= 4 is 27.5 Å². The molecule has 2 rings (SSSR count). The molecule has 0 spiro atoms. The summed E-state index contributed by atoms with van der Waals surface area (Å²) in [7, 11) is 3.20. The van der Waals surface area contributed by atoms with E-state index in [0.717, 1.165) is 15.7 Å². The van der Waals surface area contributed by atoms with Crippen LogP contribution in [0.5, 0.6) is 11.5 Å². The molecule has 0 unspecified atom stereocenters. The van der Waals surface area contributed by atoms with E-state index in [1.807, 2.05) is 42.5 Å². The van der Waals surface area contributed by atoms with E-state index in [4.69, 9.17) is 9.47 Å². The molecule has 2 aromatic carbocycles. The van der Waals surface area contributed by atoms with E-state index in [2.05, 4.69) is 21.2 Å². The predicted octanol–water partition coefficient (Wildman–Crippen LogP) is 4.04. The minimum atomic E-state index is -0.0389. The predicted molar refractivity (Wildman–Crippen MR) is 90.6 cm³/mol. The van der Waals surface area contributed by atoms with Crippen molar-refractivity contribution in [3.05, 3.63) is 52.5 Å². The second-order valence-electron chi connectivity index (χ2n) is 4.71. The number of carbonyl (C=O) groups is 1. The fourth-order valence-electron chi connectivity index (χ4n) is 2.19. The number of rotatable bonds is 6. The van der Waals surface area contributed by atoms with Crippen molar-refractivity contribution in [2.45, 2.75) is 12.8 Å². The SMILES string of the molecule is COc1cccc(CCC(=O)Nc2cccc(Br)c2)c1OC. The van der Waals surface area contributed by atoms with Gasteiger partial charge in [-0.2, -0.15) is 0 Å². The second-order valence-corrected chi connectivity index (χ2v) is 5.63. The molecule has 5 heteroatoms. The van der Waals surface area contributed by atoms with E-state index in [9.17, 15) is 4.79 Å². The van der Waals surface area contributed by atoms with E-state index >= 15 is 0 Å². The first-order valence-corrected chi connectivity index (χ1v) is 7.68. The lowest BCUT2D eigenvalue weighted by Gasteiger charge is -2.12. The van der Waals surface area contributed by atoms with Crippen molar-refractivity contribution in [1.82, 2.24) is 0 Å². The van der Waals surface area contributed by atoms with Gasteiger partial charge in [0, 0.05) is 16.6 Å². The highest BCUT2D eigenvalue weighted by atomic mass is 79.9. The molecule has 0 aliphatic rings. The van der Waals surface area contributed by atoms with Crippen LogP contribution in [0, 0.1) is 0 Å². The van der Waals surface area contributed by atoms with E-state index in [0.29, 0.717) is 24.3 Å². The number of ether oxygens (including phenoxy) is 2. The zero-order valence-electron chi connectivity index (χ0n) is 12.6. The maximum Gasteiger partial charge on any atom is 0.224 e. The summed E-state index contributed by atoms with van der Waals surface area (Å²) < 4.78 is 11.6. The van der Waals surface area contributed by atoms with Gasteiger partial charge in [0.05, 0.1) is 14.2 Å². The number of hydrogen-bond donors (Lipinski definition) is 1. The number of methoxy groups -OCH3 is 2. The van der Waals surface area contributed by atoms with Crippen molar-refractivity contribution in [1.29, 1.82) is 0 Å². The average molecular weight is 364 g/mol. The Hall–Kier alpha value is -2.01. The Kier molecular flexibility index (Phi) is 5.83. The first kappa shape index (κ1) is 16.4. The van der Waals surface area contributed by atoms with Gasteiger partial charge in [-0.15, -0.1) is 0 Å². The minimum absolute atomic E-state index is 0.0389. The zero-order valence-corrected chi connectivity index (χ0v) is 14.1. The lowest BCUT2D eigenvalue weighted by molar-refractivity contribution is -0.116. The smallest absolute Gasteiger partial charge is 0.224 e. The molecule has 0 aliphatic carbocycles. The van der Waals surface area contributed by atoms with Crippen molar-refractivity contribution in [2.75, 3.05) is 19.5 Å². The van der Waals surface area contributed by atoms with Crippen LogP contribution in [0.15, 0.2) is 46.9 Å². The third kappa shape index (κ3) is 4.24. The molecule has 22 heavy (non-hydrogen) atoms. The molecule has 1 N–H and O–H groups in total.